The number of nitrogens with zero attached hydrogens (tertiary/aromatic N) is 2. The summed E-state index contributed by atoms with van der Waals surface area (Å²) in [5.74, 6) is -0.465. The number of hydrogen-bond donors (Lipinski definition) is 2. The first kappa shape index (κ1) is 23.8. The van der Waals surface area contributed by atoms with Crippen LogP contribution in [-0.4, -0.2) is 22.0 Å². The summed E-state index contributed by atoms with van der Waals surface area (Å²) in [6.07, 6.45) is 5.87. The Bertz CT molecular complexity index is 1040. The second kappa shape index (κ2) is 11.0. The number of halogens is 2. The van der Waals surface area contributed by atoms with E-state index in [4.69, 9.17) is 28.9 Å². The van der Waals surface area contributed by atoms with Crippen LogP contribution in [0, 0.1) is 0 Å². The third-order valence-electron chi connectivity index (χ3n) is 4.61. The molecule has 3 N–H and O–H groups in total. The molecule has 0 aliphatic carbocycles. The van der Waals surface area contributed by atoms with Gasteiger partial charge in [0.15, 0.2) is 5.69 Å². The van der Waals surface area contributed by atoms with Gasteiger partial charge in [0, 0.05) is 19.2 Å². The fourth-order valence-corrected chi connectivity index (χ4v) is 3.30. The predicted molar refractivity (Wildman–Crippen MR) is 123 cm³/mol. The van der Waals surface area contributed by atoms with Crippen LogP contribution in [0.5, 0.6) is 0 Å². The van der Waals surface area contributed by atoms with Crippen LogP contribution in [0.3, 0.4) is 0 Å². The highest BCUT2D eigenvalue weighted by Gasteiger charge is 2.22. The Morgan fingerprint density at radius 2 is 1.90 bits per heavy atom. The third-order valence-corrected chi connectivity index (χ3v) is 5.44. The van der Waals surface area contributed by atoms with Crippen molar-refractivity contribution in [1.82, 2.24) is 9.55 Å². The van der Waals surface area contributed by atoms with E-state index in [9.17, 15) is 14.4 Å². The second-order valence-corrected chi connectivity index (χ2v) is 7.60. The van der Waals surface area contributed by atoms with Crippen LogP contribution in [0.1, 0.15) is 45.1 Å². The number of H-pyrrole nitrogens is 1. The molecule has 1 aromatic heterocycles. The molecule has 0 spiro atoms. The van der Waals surface area contributed by atoms with E-state index in [1.807, 2.05) is 13.8 Å². The van der Waals surface area contributed by atoms with Crippen LogP contribution in [0.15, 0.2) is 33.9 Å². The lowest BCUT2D eigenvalue weighted by Crippen LogP contribution is -2.41. The Hall–Kier alpha value is -2.51. The summed E-state index contributed by atoms with van der Waals surface area (Å²) < 4.78 is 1.30. The van der Waals surface area contributed by atoms with Gasteiger partial charge in [0.25, 0.3) is 11.5 Å². The van der Waals surface area contributed by atoms with Crippen LogP contribution in [0.4, 0.5) is 11.5 Å². The van der Waals surface area contributed by atoms with Crippen molar-refractivity contribution < 1.29 is 4.79 Å². The Balaban J connectivity index is 2.48. The van der Waals surface area contributed by atoms with Gasteiger partial charge in [0.2, 0.25) is 0 Å². The van der Waals surface area contributed by atoms with Crippen LogP contribution in [0.25, 0.3) is 6.08 Å². The van der Waals surface area contributed by atoms with Gasteiger partial charge < -0.3 is 10.6 Å². The van der Waals surface area contributed by atoms with E-state index in [1.165, 1.54) is 21.6 Å². The minimum atomic E-state index is -0.691. The van der Waals surface area contributed by atoms with Crippen molar-refractivity contribution in [3.8, 4) is 0 Å². The lowest BCUT2D eigenvalue weighted by Gasteiger charge is -2.23. The number of carbonyl (C=O) groups is 1. The summed E-state index contributed by atoms with van der Waals surface area (Å²) >= 11 is 12.2. The lowest BCUT2D eigenvalue weighted by molar-refractivity contribution is -0.114. The fourth-order valence-electron chi connectivity index (χ4n) is 2.93. The van der Waals surface area contributed by atoms with Gasteiger partial charge in [-0.15, -0.1) is 0 Å². The second-order valence-electron chi connectivity index (χ2n) is 6.82. The Morgan fingerprint density at radius 3 is 2.57 bits per heavy atom. The van der Waals surface area contributed by atoms with E-state index < -0.39 is 17.2 Å². The van der Waals surface area contributed by atoms with Crippen molar-refractivity contribution in [2.75, 3.05) is 17.2 Å². The summed E-state index contributed by atoms with van der Waals surface area (Å²) in [6.45, 7) is 4.59. The molecule has 0 saturated carbocycles. The highest BCUT2D eigenvalue weighted by atomic mass is 35.5. The Labute approximate surface area is 185 Å². The van der Waals surface area contributed by atoms with Crippen molar-refractivity contribution in [1.29, 1.82) is 0 Å². The molecule has 0 radical (unpaired) electrons. The summed E-state index contributed by atoms with van der Waals surface area (Å²) in [5.41, 5.74) is 5.45. The Morgan fingerprint density at radius 1 is 1.20 bits per heavy atom. The number of nitrogens with two attached hydrogens (primary N) is 1. The van der Waals surface area contributed by atoms with Gasteiger partial charge >= 0.3 is 5.69 Å². The van der Waals surface area contributed by atoms with E-state index in [1.54, 1.807) is 18.2 Å². The molecule has 2 aromatic rings. The van der Waals surface area contributed by atoms with Gasteiger partial charge in [-0.2, -0.15) is 0 Å². The summed E-state index contributed by atoms with van der Waals surface area (Å²) in [5, 5.41) is 0.701. The number of hydrogen-bond acceptors (Lipinski definition) is 4. The number of amides is 1. The number of aromatic nitrogens is 2. The first-order chi connectivity index (χ1) is 14.3. The first-order valence-corrected chi connectivity index (χ1v) is 10.6. The number of nitrogen functional groups attached to an aromatic ring is 1. The molecular formula is C21H26Cl2N4O3. The Kier molecular flexibility index (Phi) is 8.74. The number of anilines is 2. The molecule has 30 heavy (non-hydrogen) atoms. The molecule has 0 aliphatic heterocycles. The quantitative estimate of drug-likeness (QED) is 0.559. The molecule has 7 nitrogen and oxygen atoms in total. The molecule has 9 heteroatoms. The van der Waals surface area contributed by atoms with Crippen LogP contribution in [-0.2, 0) is 11.3 Å². The normalized spacial score (nSPS) is 11.2. The molecule has 0 fully saturated rings. The molecular weight excluding hydrogens is 427 g/mol. The van der Waals surface area contributed by atoms with Gasteiger partial charge in [-0.25, -0.2) is 4.79 Å². The molecule has 162 valence electrons. The smallest absolute Gasteiger partial charge is 0.330 e. The van der Waals surface area contributed by atoms with E-state index in [-0.39, 0.29) is 18.1 Å². The van der Waals surface area contributed by atoms with Crippen molar-refractivity contribution >= 4 is 46.7 Å². The van der Waals surface area contributed by atoms with Gasteiger partial charge in [-0.1, -0.05) is 62.0 Å². The van der Waals surface area contributed by atoms with Gasteiger partial charge in [0.05, 0.1) is 10.0 Å². The highest BCUT2D eigenvalue weighted by Crippen LogP contribution is 2.26. The number of carbonyl (C=O) groups excluding carboxylic acids is 1. The molecule has 1 heterocycles. The van der Waals surface area contributed by atoms with Crippen LogP contribution in [0.2, 0.25) is 10.0 Å². The maximum atomic E-state index is 13.0. The van der Waals surface area contributed by atoms with E-state index >= 15 is 0 Å². The van der Waals surface area contributed by atoms with Crippen LogP contribution >= 0.6 is 23.2 Å². The maximum Gasteiger partial charge on any atom is 0.330 e. The summed E-state index contributed by atoms with van der Waals surface area (Å²) in [4.78, 5) is 41.3. The van der Waals surface area contributed by atoms with Crippen molar-refractivity contribution in [2.45, 2.75) is 46.1 Å². The SMILES string of the molecule is CCCCN(C(=O)/C=C/c1cccc(Cl)c1Cl)c1c(N)n(CCCC)c(=O)[nH]c1=O. The molecule has 0 unspecified atom stereocenters. The highest BCUT2D eigenvalue weighted by molar-refractivity contribution is 6.42. The van der Waals surface area contributed by atoms with Crippen molar-refractivity contribution in [3.63, 3.8) is 0 Å². The number of rotatable bonds is 9. The number of aromatic amines is 1. The van der Waals surface area contributed by atoms with Crippen LogP contribution < -0.4 is 21.9 Å². The molecule has 2 rings (SSSR count). The molecule has 0 aliphatic rings. The number of unbranched alkanes of at least 4 members (excludes halogenated alkanes) is 2. The van der Waals surface area contributed by atoms with E-state index in [0.29, 0.717) is 35.0 Å². The molecule has 0 saturated heterocycles. The molecule has 1 aromatic carbocycles. The maximum absolute atomic E-state index is 13.0. The summed E-state index contributed by atoms with van der Waals surface area (Å²) in [6, 6.07) is 5.09. The zero-order valence-corrected chi connectivity index (χ0v) is 18.6. The van der Waals surface area contributed by atoms with Gasteiger partial charge in [0.1, 0.15) is 5.82 Å². The number of benzene rings is 1. The van der Waals surface area contributed by atoms with Crippen molar-refractivity contribution in [3.05, 3.63) is 60.7 Å². The predicted octanol–water partition coefficient (Wildman–Crippen LogP) is 4.07. The number of nitrogens with one attached hydrogen (secondary N) is 1. The topological polar surface area (TPSA) is 101 Å². The minimum Gasteiger partial charge on any atom is -0.383 e. The zero-order valence-electron chi connectivity index (χ0n) is 17.1. The monoisotopic (exact) mass is 452 g/mol. The molecule has 0 atom stereocenters. The average molecular weight is 453 g/mol. The van der Waals surface area contributed by atoms with Crippen molar-refractivity contribution in [2.24, 2.45) is 0 Å². The third kappa shape index (κ3) is 5.55. The lowest BCUT2D eigenvalue weighted by atomic mass is 10.2. The molecule has 1 amide bonds. The standard InChI is InChI=1S/C21H26Cl2N4O3/c1-3-5-12-26(16(28)11-10-14-8-7-9-15(22)17(14)23)18-19(24)27(13-6-4-2)21(30)25-20(18)29/h7-11H,3-6,12-13,24H2,1-2H3,(H,25,29,30)/b11-10+. The fraction of sp³-hybridized carbons (Fsp3) is 0.381. The van der Waals surface area contributed by atoms with Gasteiger partial charge in [-0.3, -0.25) is 19.1 Å². The van der Waals surface area contributed by atoms with E-state index in [0.717, 1.165) is 12.8 Å². The zero-order chi connectivity index (χ0) is 22.3. The average Bonchev–Trinajstić information content (AvgIpc) is 2.71. The van der Waals surface area contributed by atoms with E-state index in [2.05, 4.69) is 4.98 Å². The van der Waals surface area contributed by atoms with Gasteiger partial charge in [-0.05, 0) is 30.5 Å². The minimum absolute atomic E-state index is 0.0177. The summed E-state index contributed by atoms with van der Waals surface area (Å²) in [7, 11) is 0. The first-order valence-electron chi connectivity index (χ1n) is 9.87. The largest absolute Gasteiger partial charge is 0.383 e. The molecule has 0 bridgehead atoms.